The average molecular weight is 309 g/mol. The fourth-order valence-electron chi connectivity index (χ4n) is 3.24. The summed E-state index contributed by atoms with van der Waals surface area (Å²) in [5.41, 5.74) is 3.32. The minimum atomic E-state index is -0.180. The maximum atomic E-state index is 12.8. The van der Waals surface area contributed by atoms with Crippen molar-refractivity contribution in [2.45, 2.75) is 12.8 Å². The molecule has 1 aliphatic rings. The maximum absolute atomic E-state index is 12.8. The van der Waals surface area contributed by atoms with E-state index in [0.29, 0.717) is 5.69 Å². The number of aryl methyl sites for hydroxylation is 1. The molecule has 2 aromatic heterocycles. The van der Waals surface area contributed by atoms with Gasteiger partial charge in [-0.15, -0.1) is 0 Å². The highest BCUT2D eigenvalue weighted by Gasteiger charge is 2.35. The molecule has 4 rings (SSSR count). The molecule has 0 aliphatic heterocycles. The quantitative estimate of drug-likeness (QED) is 0.682. The monoisotopic (exact) mass is 309 g/mol. The summed E-state index contributed by atoms with van der Waals surface area (Å²) in [5, 5.41) is 0.995. The Hall–Kier alpha value is -2.56. The molecule has 0 atom stereocenters. The molecule has 0 spiro atoms. The predicted molar refractivity (Wildman–Crippen MR) is 90.0 cm³/mol. The van der Waals surface area contributed by atoms with Gasteiger partial charge in [-0.2, -0.15) is 0 Å². The number of aromatic nitrogens is 2. The Kier molecular flexibility index (Phi) is 2.88. The van der Waals surface area contributed by atoms with Gasteiger partial charge in [0.25, 0.3) is 0 Å². The van der Waals surface area contributed by atoms with E-state index in [2.05, 4.69) is 0 Å². The normalized spacial score (nSPS) is 14.6. The summed E-state index contributed by atoms with van der Waals surface area (Å²) < 4.78 is 3.64. The van der Waals surface area contributed by atoms with Crippen LogP contribution in [0.15, 0.2) is 30.3 Å². The molecule has 1 saturated carbocycles. The summed E-state index contributed by atoms with van der Waals surface area (Å²) in [4.78, 5) is 27.0. The molecule has 1 aromatic carbocycles. The topological polar surface area (TPSA) is 47.2 Å². The predicted octanol–water partition coefficient (Wildman–Crippen LogP) is 3.26. The molecule has 0 unspecified atom stereocenters. The molecule has 0 N–H and O–H groups in total. The third-order valence-corrected chi connectivity index (χ3v) is 4.64. The minimum absolute atomic E-state index is 0.0827. The van der Waals surface area contributed by atoms with E-state index in [0.717, 1.165) is 34.8 Å². The van der Waals surface area contributed by atoms with Crippen LogP contribution in [-0.4, -0.2) is 39.9 Å². The molecule has 0 saturated heterocycles. The van der Waals surface area contributed by atoms with Crippen LogP contribution in [0, 0.1) is 5.92 Å². The van der Waals surface area contributed by atoms with Crippen molar-refractivity contribution in [3.63, 3.8) is 0 Å². The van der Waals surface area contributed by atoms with Gasteiger partial charge in [-0.25, -0.2) is 4.79 Å². The lowest BCUT2D eigenvalue weighted by molar-refractivity contribution is 0.0959. The van der Waals surface area contributed by atoms with E-state index < -0.39 is 0 Å². The van der Waals surface area contributed by atoms with Crippen molar-refractivity contribution in [3.05, 3.63) is 36.0 Å². The van der Waals surface area contributed by atoms with E-state index in [9.17, 15) is 9.59 Å². The van der Waals surface area contributed by atoms with Gasteiger partial charge in [0, 0.05) is 32.4 Å². The molecular formula is C18H19N3O2. The van der Waals surface area contributed by atoms with Crippen LogP contribution < -0.4 is 0 Å². The fourth-order valence-corrected chi connectivity index (χ4v) is 3.24. The highest BCUT2D eigenvalue weighted by Crippen LogP contribution is 2.36. The standard InChI is InChI=1S/C18H19N3O2/c1-19(2)18(23)21-15(17(22)11-8-9-11)10-14-16(21)12-6-4-5-7-13(12)20(14)3/h4-7,10-11H,8-9H2,1-3H3. The Morgan fingerprint density at radius 1 is 1.13 bits per heavy atom. The van der Waals surface area contributed by atoms with Gasteiger partial charge >= 0.3 is 6.03 Å². The molecule has 0 radical (unpaired) electrons. The first kappa shape index (κ1) is 14.1. The van der Waals surface area contributed by atoms with E-state index in [1.165, 1.54) is 4.90 Å². The molecule has 1 fully saturated rings. The fraction of sp³-hybridized carbons (Fsp3) is 0.333. The number of rotatable bonds is 2. The van der Waals surface area contributed by atoms with Crippen molar-refractivity contribution in [2.75, 3.05) is 14.1 Å². The molecule has 1 aliphatic carbocycles. The number of benzene rings is 1. The van der Waals surface area contributed by atoms with E-state index in [4.69, 9.17) is 0 Å². The first-order chi connectivity index (χ1) is 11.0. The summed E-state index contributed by atoms with van der Waals surface area (Å²) in [5.74, 6) is 0.166. The second kappa shape index (κ2) is 4.72. The first-order valence-electron chi connectivity index (χ1n) is 7.85. The zero-order valence-corrected chi connectivity index (χ0v) is 13.5. The zero-order valence-electron chi connectivity index (χ0n) is 13.5. The Morgan fingerprint density at radius 2 is 1.83 bits per heavy atom. The van der Waals surface area contributed by atoms with Gasteiger partial charge in [0.15, 0.2) is 5.78 Å². The minimum Gasteiger partial charge on any atom is -0.342 e. The Morgan fingerprint density at radius 3 is 2.48 bits per heavy atom. The van der Waals surface area contributed by atoms with Crippen molar-refractivity contribution >= 4 is 33.8 Å². The Bertz CT molecular complexity index is 958. The second-order valence-corrected chi connectivity index (χ2v) is 6.49. The molecule has 2 heterocycles. The van der Waals surface area contributed by atoms with E-state index in [-0.39, 0.29) is 17.7 Å². The van der Waals surface area contributed by atoms with Crippen LogP contribution in [0.4, 0.5) is 4.79 Å². The van der Waals surface area contributed by atoms with E-state index >= 15 is 0 Å². The molecule has 3 aromatic rings. The van der Waals surface area contributed by atoms with E-state index in [1.807, 2.05) is 41.9 Å². The number of ketones is 1. The third-order valence-electron chi connectivity index (χ3n) is 4.64. The SMILES string of the molecule is CN(C)C(=O)n1c(C(=O)C2CC2)cc2c1c1ccccc1n2C. The van der Waals surface area contributed by atoms with Gasteiger partial charge in [-0.1, -0.05) is 18.2 Å². The molecule has 0 bridgehead atoms. The van der Waals surface area contributed by atoms with Gasteiger partial charge < -0.3 is 9.47 Å². The maximum Gasteiger partial charge on any atom is 0.328 e. The second-order valence-electron chi connectivity index (χ2n) is 6.49. The first-order valence-corrected chi connectivity index (χ1v) is 7.85. The van der Waals surface area contributed by atoms with Crippen LogP contribution in [0.25, 0.3) is 21.9 Å². The Balaban J connectivity index is 2.10. The van der Waals surface area contributed by atoms with Gasteiger partial charge in [-0.05, 0) is 25.0 Å². The molecule has 5 heteroatoms. The molecule has 5 nitrogen and oxygen atoms in total. The van der Waals surface area contributed by atoms with Gasteiger partial charge in [-0.3, -0.25) is 9.36 Å². The lowest BCUT2D eigenvalue weighted by Gasteiger charge is -2.14. The number of carbonyl (C=O) groups is 2. The number of nitrogens with zero attached hydrogens (tertiary/aromatic N) is 3. The van der Waals surface area contributed by atoms with Crippen LogP contribution in [0.5, 0.6) is 0 Å². The largest absolute Gasteiger partial charge is 0.342 e. The molecule has 1 amide bonds. The number of amides is 1. The number of carbonyl (C=O) groups excluding carboxylic acids is 2. The van der Waals surface area contributed by atoms with Gasteiger partial charge in [0.2, 0.25) is 0 Å². The van der Waals surface area contributed by atoms with Crippen molar-refractivity contribution in [1.82, 2.24) is 14.0 Å². The number of fused-ring (bicyclic) bond motifs is 3. The highest BCUT2D eigenvalue weighted by molar-refractivity contribution is 6.14. The number of Topliss-reactive ketones (excluding diaryl/α,β-unsaturated/α-hetero) is 1. The van der Waals surface area contributed by atoms with Crippen LogP contribution >= 0.6 is 0 Å². The summed E-state index contributed by atoms with van der Waals surface area (Å²) in [7, 11) is 5.40. The van der Waals surface area contributed by atoms with Crippen LogP contribution in [-0.2, 0) is 7.05 Å². The smallest absolute Gasteiger partial charge is 0.328 e. The molecule has 23 heavy (non-hydrogen) atoms. The van der Waals surface area contributed by atoms with Gasteiger partial charge in [0.1, 0.15) is 0 Å². The molecular weight excluding hydrogens is 290 g/mol. The average Bonchev–Trinajstić information content (AvgIpc) is 3.26. The summed E-state index contributed by atoms with van der Waals surface area (Å²) in [6.07, 6.45) is 1.86. The third kappa shape index (κ3) is 1.92. The summed E-state index contributed by atoms with van der Waals surface area (Å²) in [6, 6.07) is 9.67. The zero-order chi connectivity index (χ0) is 16.3. The number of hydrogen-bond acceptors (Lipinski definition) is 2. The molecule has 118 valence electrons. The van der Waals surface area contributed by atoms with Crippen LogP contribution in [0.1, 0.15) is 23.3 Å². The van der Waals surface area contributed by atoms with Crippen molar-refractivity contribution in [1.29, 1.82) is 0 Å². The van der Waals surface area contributed by atoms with Gasteiger partial charge in [0.05, 0.1) is 22.2 Å². The van der Waals surface area contributed by atoms with E-state index in [1.54, 1.807) is 18.7 Å². The van der Waals surface area contributed by atoms with Crippen LogP contribution in [0.2, 0.25) is 0 Å². The Labute approximate surface area is 134 Å². The lowest BCUT2D eigenvalue weighted by Crippen LogP contribution is -2.29. The number of para-hydroxylation sites is 1. The van der Waals surface area contributed by atoms with Crippen molar-refractivity contribution in [2.24, 2.45) is 13.0 Å². The lowest BCUT2D eigenvalue weighted by atomic mass is 10.2. The number of hydrogen-bond donors (Lipinski definition) is 0. The van der Waals surface area contributed by atoms with Crippen LogP contribution in [0.3, 0.4) is 0 Å². The van der Waals surface area contributed by atoms with Crippen molar-refractivity contribution < 1.29 is 9.59 Å². The summed E-state index contributed by atoms with van der Waals surface area (Å²) >= 11 is 0. The van der Waals surface area contributed by atoms with Crippen molar-refractivity contribution in [3.8, 4) is 0 Å². The summed E-state index contributed by atoms with van der Waals surface area (Å²) in [6.45, 7) is 0. The highest BCUT2D eigenvalue weighted by atomic mass is 16.2.